The van der Waals surface area contributed by atoms with Crippen molar-refractivity contribution in [2.24, 2.45) is 5.73 Å². The zero-order valence-corrected chi connectivity index (χ0v) is 8.69. The lowest BCUT2D eigenvalue weighted by Gasteiger charge is -2.04. The van der Waals surface area contributed by atoms with E-state index in [9.17, 15) is 0 Å². The summed E-state index contributed by atoms with van der Waals surface area (Å²) in [6.45, 7) is 3.19. The van der Waals surface area contributed by atoms with Crippen LogP contribution in [0.1, 0.15) is 25.5 Å². The number of aliphatic hydroxyl groups excluding tert-OH is 1. The third kappa shape index (κ3) is 3.47. The second-order valence-corrected chi connectivity index (χ2v) is 3.60. The molecule has 0 aliphatic rings. The molecular formula is C10H19N3O. The van der Waals surface area contributed by atoms with E-state index in [0.717, 1.165) is 12.2 Å². The molecule has 1 heterocycles. The number of aromatic nitrogens is 2. The Labute approximate surface area is 84.8 Å². The molecule has 0 aliphatic carbocycles. The molecule has 0 fully saturated rings. The van der Waals surface area contributed by atoms with Gasteiger partial charge in [0.1, 0.15) is 0 Å². The fourth-order valence-electron chi connectivity index (χ4n) is 1.31. The van der Waals surface area contributed by atoms with E-state index >= 15 is 0 Å². The van der Waals surface area contributed by atoms with Crippen LogP contribution in [0.4, 0.5) is 0 Å². The molecule has 1 rings (SSSR count). The topological polar surface area (TPSA) is 64.1 Å². The van der Waals surface area contributed by atoms with Crippen LogP contribution in [-0.4, -0.2) is 27.3 Å². The molecule has 0 spiro atoms. The Morgan fingerprint density at radius 1 is 1.64 bits per heavy atom. The molecular weight excluding hydrogens is 178 g/mol. The fourth-order valence-corrected chi connectivity index (χ4v) is 1.31. The van der Waals surface area contributed by atoms with Crippen LogP contribution in [-0.2, 0) is 13.0 Å². The smallest absolute Gasteiger partial charge is 0.0949 e. The first-order chi connectivity index (χ1) is 6.76. The van der Waals surface area contributed by atoms with Gasteiger partial charge in [0.2, 0.25) is 0 Å². The van der Waals surface area contributed by atoms with Crippen molar-refractivity contribution in [2.45, 2.75) is 38.8 Å². The number of nitrogens with two attached hydrogens (primary N) is 1. The molecule has 0 saturated carbocycles. The Kier molecular flexibility index (Phi) is 4.62. The Morgan fingerprint density at radius 2 is 2.43 bits per heavy atom. The lowest BCUT2D eigenvalue weighted by atomic mass is 10.2. The first-order valence-corrected chi connectivity index (χ1v) is 5.13. The molecule has 1 atom stereocenters. The van der Waals surface area contributed by atoms with Gasteiger partial charge in [-0.3, -0.25) is 0 Å². The van der Waals surface area contributed by atoms with Gasteiger partial charge in [0, 0.05) is 25.2 Å². The van der Waals surface area contributed by atoms with Crippen LogP contribution in [0.25, 0.3) is 0 Å². The van der Waals surface area contributed by atoms with E-state index in [4.69, 9.17) is 10.8 Å². The Morgan fingerprint density at radius 3 is 3.07 bits per heavy atom. The van der Waals surface area contributed by atoms with Gasteiger partial charge in [-0.25, -0.2) is 4.98 Å². The molecule has 3 N–H and O–H groups in total. The zero-order valence-electron chi connectivity index (χ0n) is 8.69. The van der Waals surface area contributed by atoms with Crippen LogP contribution >= 0.6 is 0 Å². The predicted octanol–water partition coefficient (Wildman–Crippen LogP) is 0.545. The summed E-state index contributed by atoms with van der Waals surface area (Å²) in [6, 6.07) is -0.190. The van der Waals surface area contributed by atoms with E-state index in [-0.39, 0.29) is 12.6 Å². The number of aliphatic hydroxyl groups is 1. The fraction of sp³-hybridized carbons (Fsp3) is 0.700. The van der Waals surface area contributed by atoms with Crippen molar-refractivity contribution < 1.29 is 5.11 Å². The number of rotatable bonds is 6. The van der Waals surface area contributed by atoms with Crippen molar-refractivity contribution in [2.75, 3.05) is 6.61 Å². The largest absolute Gasteiger partial charge is 0.395 e. The highest BCUT2D eigenvalue weighted by Crippen LogP contribution is 2.01. The normalized spacial score (nSPS) is 13.1. The Balaban J connectivity index is 2.42. The second kappa shape index (κ2) is 5.78. The molecule has 4 heteroatoms. The van der Waals surface area contributed by atoms with E-state index in [1.165, 1.54) is 12.8 Å². The number of nitrogens with zero attached hydrogens (tertiary/aromatic N) is 2. The quantitative estimate of drug-likeness (QED) is 0.700. The SMILES string of the molecule is CCCCn1cnc(CC(N)CO)c1. The summed E-state index contributed by atoms with van der Waals surface area (Å²) in [5, 5.41) is 8.78. The van der Waals surface area contributed by atoms with Gasteiger partial charge in [0.05, 0.1) is 18.6 Å². The maximum atomic E-state index is 8.78. The van der Waals surface area contributed by atoms with Crippen LogP contribution in [0, 0.1) is 0 Å². The lowest BCUT2D eigenvalue weighted by Crippen LogP contribution is -2.26. The summed E-state index contributed by atoms with van der Waals surface area (Å²) in [5.41, 5.74) is 6.58. The summed E-state index contributed by atoms with van der Waals surface area (Å²) in [7, 11) is 0. The number of unbranched alkanes of at least 4 members (excludes halogenated alkanes) is 1. The van der Waals surface area contributed by atoms with Crippen molar-refractivity contribution in [1.82, 2.24) is 9.55 Å². The standard InChI is InChI=1S/C10H19N3O/c1-2-3-4-13-6-10(12-8-13)5-9(11)7-14/h6,8-9,14H,2-5,7,11H2,1H3. The molecule has 0 aliphatic heterocycles. The lowest BCUT2D eigenvalue weighted by molar-refractivity contribution is 0.264. The van der Waals surface area contributed by atoms with Crippen LogP contribution < -0.4 is 5.73 Å². The van der Waals surface area contributed by atoms with Crippen LogP contribution in [0.2, 0.25) is 0 Å². The first-order valence-electron chi connectivity index (χ1n) is 5.13. The number of aryl methyl sites for hydroxylation is 1. The molecule has 1 aromatic heterocycles. The molecule has 0 radical (unpaired) electrons. The summed E-state index contributed by atoms with van der Waals surface area (Å²) in [5.74, 6) is 0. The van der Waals surface area contributed by atoms with E-state index in [1.807, 2.05) is 12.5 Å². The van der Waals surface area contributed by atoms with Gasteiger partial charge in [0.15, 0.2) is 0 Å². The molecule has 1 unspecified atom stereocenters. The number of imidazole rings is 1. The van der Waals surface area contributed by atoms with Gasteiger partial charge in [0.25, 0.3) is 0 Å². The van der Waals surface area contributed by atoms with Crippen molar-refractivity contribution >= 4 is 0 Å². The maximum Gasteiger partial charge on any atom is 0.0949 e. The molecule has 0 saturated heterocycles. The molecule has 0 amide bonds. The molecule has 1 aromatic rings. The van der Waals surface area contributed by atoms with Crippen LogP contribution in [0.5, 0.6) is 0 Å². The second-order valence-electron chi connectivity index (χ2n) is 3.60. The summed E-state index contributed by atoms with van der Waals surface area (Å²) in [6.07, 6.45) is 6.83. The highest BCUT2D eigenvalue weighted by Gasteiger charge is 2.04. The Bertz CT molecular complexity index is 260. The minimum atomic E-state index is -0.190. The number of hydrogen-bond donors (Lipinski definition) is 2. The maximum absolute atomic E-state index is 8.78. The minimum Gasteiger partial charge on any atom is -0.395 e. The van der Waals surface area contributed by atoms with Gasteiger partial charge in [-0.1, -0.05) is 13.3 Å². The van der Waals surface area contributed by atoms with Gasteiger partial charge >= 0.3 is 0 Å². The van der Waals surface area contributed by atoms with Crippen molar-refractivity contribution in [3.63, 3.8) is 0 Å². The predicted molar refractivity (Wildman–Crippen MR) is 55.9 cm³/mol. The van der Waals surface area contributed by atoms with Crippen molar-refractivity contribution in [1.29, 1.82) is 0 Å². The van der Waals surface area contributed by atoms with Crippen LogP contribution in [0.3, 0.4) is 0 Å². The highest BCUT2D eigenvalue weighted by molar-refractivity contribution is 4.99. The average Bonchev–Trinajstić information content (AvgIpc) is 2.62. The third-order valence-corrected chi connectivity index (χ3v) is 2.16. The first kappa shape index (κ1) is 11.2. The van der Waals surface area contributed by atoms with E-state index in [0.29, 0.717) is 6.42 Å². The molecule has 14 heavy (non-hydrogen) atoms. The van der Waals surface area contributed by atoms with E-state index < -0.39 is 0 Å². The third-order valence-electron chi connectivity index (χ3n) is 2.16. The average molecular weight is 197 g/mol. The summed E-state index contributed by atoms with van der Waals surface area (Å²) >= 11 is 0. The zero-order chi connectivity index (χ0) is 10.4. The summed E-state index contributed by atoms with van der Waals surface area (Å²) < 4.78 is 2.07. The Hall–Kier alpha value is -0.870. The monoisotopic (exact) mass is 197 g/mol. The molecule has 0 bridgehead atoms. The number of hydrogen-bond acceptors (Lipinski definition) is 3. The van der Waals surface area contributed by atoms with Gasteiger partial charge < -0.3 is 15.4 Å². The van der Waals surface area contributed by atoms with Gasteiger partial charge in [-0.05, 0) is 6.42 Å². The minimum absolute atomic E-state index is 0.0157. The van der Waals surface area contributed by atoms with Gasteiger partial charge in [-0.2, -0.15) is 0 Å². The van der Waals surface area contributed by atoms with Crippen LogP contribution in [0.15, 0.2) is 12.5 Å². The summed E-state index contributed by atoms with van der Waals surface area (Å²) in [4.78, 5) is 4.23. The van der Waals surface area contributed by atoms with Gasteiger partial charge in [-0.15, -0.1) is 0 Å². The van der Waals surface area contributed by atoms with Crippen molar-refractivity contribution in [3.8, 4) is 0 Å². The molecule has 0 aromatic carbocycles. The van der Waals surface area contributed by atoms with E-state index in [1.54, 1.807) is 0 Å². The van der Waals surface area contributed by atoms with E-state index in [2.05, 4.69) is 16.5 Å². The van der Waals surface area contributed by atoms with Crippen molar-refractivity contribution in [3.05, 3.63) is 18.2 Å². The highest BCUT2D eigenvalue weighted by atomic mass is 16.3. The molecule has 4 nitrogen and oxygen atoms in total. The molecule has 80 valence electrons.